The topological polar surface area (TPSA) is 74.6 Å². The van der Waals surface area contributed by atoms with Crippen LogP contribution >= 0.6 is 0 Å². The molecule has 0 aromatic heterocycles. The Hall–Kier alpha value is -2.10. The van der Waals surface area contributed by atoms with E-state index in [2.05, 4.69) is 26.3 Å². The lowest BCUT2D eigenvalue weighted by Gasteiger charge is -1.79. The van der Waals surface area contributed by atoms with Gasteiger partial charge in [0, 0.05) is 11.1 Å². The lowest BCUT2D eigenvalue weighted by Crippen LogP contribution is -1.92. The second-order valence-corrected chi connectivity index (χ2v) is 3.22. The predicted molar refractivity (Wildman–Crippen MR) is 69.9 cm³/mol. The molecule has 0 aliphatic rings. The lowest BCUT2D eigenvalue weighted by molar-refractivity contribution is -0.133. The number of hydrogen-bond acceptors (Lipinski definition) is 2. The maximum Gasteiger partial charge on any atom is 0.330 e. The summed E-state index contributed by atoms with van der Waals surface area (Å²) < 4.78 is 0. The minimum absolute atomic E-state index is 0.176. The third-order valence-corrected chi connectivity index (χ3v) is 1.08. The number of carboxylic acid groups (broad SMARTS) is 2. The van der Waals surface area contributed by atoms with Crippen LogP contribution in [-0.2, 0) is 9.59 Å². The van der Waals surface area contributed by atoms with Crippen LogP contribution in [0.5, 0.6) is 0 Å². The van der Waals surface area contributed by atoms with E-state index < -0.39 is 11.9 Å². The summed E-state index contributed by atoms with van der Waals surface area (Å²) in [6.07, 6.45) is 1.72. The standard InChI is InChI=1S/C5H8.2C4H6O2/c1-4-5(2)3;2*1-3(2)4(5)6/h4H,1-2H2,3H3;2*1H2,2H3,(H,5,6). The molecular formula is C13H20O4. The van der Waals surface area contributed by atoms with Gasteiger partial charge in [0.1, 0.15) is 0 Å². The van der Waals surface area contributed by atoms with E-state index in [0.717, 1.165) is 5.57 Å². The van der Waals surface area contributed by atoms with Gasteiger partial charge in [-0.25, -0.2) is 9.59 Å². The van der Waals surface area contributed by atoms with Gasteiger partial charge >= 0.3 is 11.9 Å². The summed E-state index contributed by atoms with van der Waals surface area (Å²) in [5.74, 6) is -1.87. The highest BCUT2D eigenvalue weighted by molar-refractivity contribution is 5.85. The molecule has 0 radical (unpaired) electrons. The van der Waals surface area contributed by atoms with Crippen molar-refractivity contribution in [2.24, 2.45) is 0 Å². The summed E-state index contributed by atoms with van der Waals surface area (Å²) >= 11 is 0. The number of rotatable bonds is 3. The van der Waals surface area contributed by atoms with Crippen molar-refractivity contribution in [2.75, 3.05) is 0 Å². The van der Waals surface area contributed by atoms with Crippen LogP contribution in [-0.4, -0.2) is 22.2 Å². The minimum Gasteiger partial charge on any atom is -0.478 e. The Kier molecular flexibility index (Phi) is 14.3. The Morgan fingerprint density at radius 3 is 1.00 bits per heavy atom. The molecule has 17 heavy (non-hydrogen) atoms. The Morgan fingerprint density at radius 1 is 0.882 bits per heavy atom. The van der Waals surface area contributed by atoms with E-state index in [9.17, 15) is 9.59 Å². The van der Waals surface area contributed by atoms with Crippen LogP contribution in [0.1, 0.15) is 20.8 Å². The maximum absolute atomic E-state index is 9.60. The van der Waals surface area contributed by atoms with E-state index in [1.807, 2.05) is 6.92 Å². The average Bonchev–Trinajstić information content (AvgIpc) is 2.19. The molecule has 0 saturated heterocycles. The predicted octanol–water partition coefficient (Wildman–Crippen LogP) is 3.04. The first-order valence-electron chi connectivity index (χ1n) is 4.61. The van der Waals surface area contributed by atoms with Gasteiger partial charge in [-0.15, -0.1) is 0 Å². The zero-order chi connectivity index (χ0) is 14.6. The summed E-state index contributed by atoms with van der Waals surface area (Å²) in [6.45, 7) is 18.1. The van der Waals surface area contributed by atoms with Gasteiger partial charge in [-0.05, 0) is 20.8 Å². The highest BCUT2D eigenvalue weighted by atomic mass is 16.4. The molecule has 0 bridgehead atoms. The molecule has 0 heterocycles. The Labute approximate surface area is 102 Å². The van der Waals surface area contributed by atoms with E-state index in [4.69, 9.17) is 10.2 Å². The smallest absolute Gasteiger partial charge is 0.330 e. The molecule has 0 aliphatic heterocycles. The van der Waals surface area contributed by atoms with E-state index in [1.165, 1.54) is 13.8 Å². The van der Waals surface area contributed by atoms with E-state index >= 15 is 0 Å². The fourth-order valence-corrected chi connectivity index (χ4v) is 0. The summed E-state index contributed by atoms with van der Waals surface area (Å²) in [5, 5.41) is 15.8. The Balaban J connectivity index is -0.000000174. The van der Waals surface area contributed by atoms with Crippen LogP contribution < -0.4 is 0 Å². The Bertz CT molecular complexity index is 276. The first-order valence-corrected chi connectivity index (χ1v) is 4.61. The molecule has 4 nitrogen and oxygen atoms in total. The molecule has 0 aliphatic carbocycles. The molecule has 4 heteroatoms. The van der Waals surface area contributed by atoms with Gasteiger partial charge in [-0.3, -0.25) is 0 Å². The minimum atomic E-state index is -0.935. The largest absolute Gasteiger partial charge is 0.478 e. The summed E-state index contributed by atoms with van der Waals surface area (Å²) in [6, 6.07) is 0. The van der Waals surface area contributed by atoms with Crippen molar-refractivity contribution in [3.05, 3.63) is 49.1 Å². The highest BCUT2D eigenvalue weighted by Crippen LogP contribution is 1.81. The van der Waals surface area contributed by atoms with Gasteiger partial charge in [-0.2, -0.15) is 0 Å². The van der Waals surface area contributed by atoms with Crippen LogP contribution in [0, 0.1) is 0 Å². The van der Waals surface area contributed by atoms with Gasteiger partial charge in [0.05, 0.1) is 0 Å². The lowest BCUT2D eigenvalue weighted by atomic mass is 10.4. The molecule has 96 valence electrons. The number of carbonyl (C=O) groups is 2. The molecule has 0 rings (SSSR count). The molecule has 2 N–H and O–H groups in total. The molecule has 0 fully saturated rings. The van der Waals surface area contributed by atoms with Crippen LogP contribution in [0.3, 0.4) is 0 Å². The van der Waals surface area contributed by atoms with Crippen molar-refractivity contribution in [1.82, 2.24) is 0 Å². The van der Waals surface area contributed by atoms with Crippen LogP contribution in [0.4, 0.5) is 0 Å². The first kappa shape index (κ1) is 20.3. The second-order valence-electron chi connectivity index (χ2n) is 3.22. The third-order valence-electron chi connectivity index (χ3n) is 1.08. The van der Waals surface area contributed by atoms with Crippen molar-refractivity contribution in [3.8, 4) is 0 Å². The van der Waals surface area contributed by atoms with Gasteiger partial charge in [0.15, 0.2) is 0 Å². The molecule has 0 aromatic rings. The molecule has 0 atom stereocenters. The fourth-order valence-electron chi connectivity index (χ4n) is 0. The van der Waals surface area contributed by atoms with Crippen molar-refractivity contribution in [2.45, 2.75) is 20.8 Å². The van der Waals surface area contributed by atoms with Crippen molar-refractivity contribution >= 4 is 11.9 Å². The molecule has 0 aromatic carbocycles. The molecule has 0 unspecified atom stereocenters. The number of allylic oxidation sites excluding steroid dienone is 2. The molecular weight excluding hydrogens is 220 g/mol. The zero-order valence-electron chi connectivity index (χ0n) is 10.6. The maximum atomic E-state index is 9.60. The summed E-state index contributed by atoms with van der Waals surface area (Å²) in [7, 11) is 0. The normalized spacial score (nSPS) is 7.24. The highest BCUT2D eigenvalue weighted by Gasteiger charge is 1.90. The third kappa shape index (κ3) is 31.5. The van der Waals surface area contributed by atoms with Crippen molar-refractivity contribution in [3.63, 3.8) is 0 Å². The van der Waals surface area contributed by atoms with Crippen LogP contribution in [0.15, 0.2) is 49.1 Å². The number of carboxylic acids is 2. The van der Waals surface area contributed by atoms with Crippen molar-refractivity contribution in [1.29, 1.82) is 0 Å². The second kappa shape index (κ2) is 12.0. The van der Waals surface area contributed by atoms with E-state index in [1.54, 1.807) is 6.08 Å². The first-order chi connectivity index (χ1) is 7.56. The van der Waals surface area contributed by atoms with Gasteiger partial charge in [0.2, 0.25) is 0 Å². The summed E-state index contributed by atoms with van der Waals surface area (Å²) in [4.78, 5) is 19.2. The monoisotopic (exact) mass is 240 g/mol. The van der Waals surface area contributed by atoms with Crippen LogP contribution in [0.2, 0.25) is 0 Å². The number of hydrogen-bond donors (Lipinski definition) is 2. The quantitative estimate of drug-likeness (QED) is 0.587. The van der Waals surface area contributed by atoms with Gasteiger partial charge in [0.25, 0.3) is 0 Å². The SMILES string of the molecule is C=C(C)C(=O)O.C=C(C)C(=O)O.C=CC(=C)C. The average molecular weight is 240 g/mol. The molecule has 0 saturated carbocycles. The molecule has 0 amide bonds. The van der Waals surface area contributed by atoms with Crippen molar-refractivity contribution < 1.29 is 19.8 Å². The zero-order valence-corrected chi connectivity index (χ0v) is 10.6. The van der Waals surface area contributed by atoms with E-state index in [-0.39, 0.29) is 11.1 Å². The fraction of sp³-hybridized carbons (Fsp3) is 0.231. The van der Waals surface area contributed by atoms with E-state index in [0.29, 0.717) is 0 Å². The van der Waals surface area contributed by atoms with Gasteiger partial charge in [-0.1, -0.05) is 38.0 Å². The van der Waals surface area contributed by atoms with Crippen LogP contribution in [0.25, 0.3) is 0 Å². The Morgan fingerprint density at radius 2 is 1.00 bits per heavy atom. The number of aliphatic carboxylic acids is 2. The summed E-state index contributed by atoms with van der Waals surface area (Å²) in [5.41, 5.74) is 1.37. The molecule has 0 spiro atoms. The van der Waals surface area contributed by atoms with Gasteiger partial charge < -0.3 is 10.2 Å².